The van der Waals surface area contributed by atoms with Crippen LogP contribution in [0.15, 0.2) is 59.0 Å². The van der Waals surface area contributed by atoms with Gasteiger partial charge in [-0.05, 0) is 73.4 Å². The van der Waals surface area contributed by atoms with E-state index < -0.39 is 0 Å². The van der Waals surface area contributed by atoms with Gasteiger partial charge in [-0.2, -0.15) is 4.98 Å². The van der Waals surface area contributed by atoms with Crippen LogP contribution in [-0.2, 0) is 5.41 Å². The van der Waals surface area contributed by atoms with Crippen molar-refractivity contribution in [1.29, 1.82) is 0 Å². The normalized spacial score (nSPS) is 17.1. The van der Waals surface area contributed by atoms with Gasteiger partial charge in [0.15, 0.2) is 10.3 Å². The Hall–Kier alpha value is -2.49. The Balaban J connectivity index is 1.31. The molecule has 0 unspecified atom stereocenters. The fourth-order valence-corrected chi connectivity index (χ4v) is 6.06. The number of anilines is 2. The molecule has 3 aromatic rings. The predicted octanol–water partition coefficient (Wildman–Crippen LogP) is 5.86. The second kappa shape index (κ2) is 11.7. The lowest BCUT2D eigenvalue weighted by atomic mass is 9.69. The molecular weight excluding hydrogens is 510 g/mol. The number of rotatable bonds is 7. The van der Waals surface area contributed by atoms with Crippen molar-refractivity contribution in [2.24, 2.45) is 0 Å². The molecule has 2 N–H and O–H groups in total. The molecule has 1 aromatic carbocycles. The molecule has 0 spiro atoms. The van der Waals surface area contributed by atoms with Crippen LogP contribution in [0.5, 0.6) is 0 Å². The van der Waals surface area contributed by atoms with Crippen LogP contribution < -0.4 is 15.5 Å². The molecule has 0 bridgehead atoms. The summed E-state index contributed by atoms with van der Waals surface area (Å²) >= 11 is 13.3. The van der Waals surface area contributed by atoms with E-state index in [1.54, 1.807) is 18.5 Å². The number of hydrogen-bond acceptors (Lipinski definition) is 7. The SMILES string of the molecule is S=C(NCC1(c2ccc(Cl)cc2)CCCCC1)Nc1nc(Sc2ncccn2)cc(N2CCCC2)n1. The van der Waals surface area contributed by atoms with Crippen molar-refractivity contribution < 1.29 is 0 Å². The van der Waals surface area contributed by atoms with E-state index in [1.165, 1.54) is 49.4 Å². The molecule has 5 rings (SSSR count). The molecule has 0 atom stereocenters. The second-order valence-electron chi connectivity index (χ2n) is 9.37. The lowest BCUT2D eigenvalue weighted by molar-refractivity contribution is 0.292. The first-order chi connectivity index (χ1) is 17.6. The highest BCUT2D eigenvalue weighted by Crippen LogP contribution is 2.39. The third-order valence-corrected chi connectivity index (χ3v) is 8.25. The van der Waals surface area contributed by atoms with Gasteiger partial charge in [0.25, 0.3) is 0 Å². The van der Waals surface area contributed by atoms with Crippen LogP contribution >= 0.6 is 35.6 Å². The standard InChI is InChI=1S/C26H30ClN7S2/c27-20-9-7-19(8-10-20)26(11-2-1-3-12-26)18-30-24(35)33-23-31-21(34-15-4-5-16-34)17-22(32-23)36-25-28-13-6-14-29-25/h6-10,13-14,17H,1-5,11-12,15-16,18H2,(H2,30,31,32,33,35). The van der Waals surface area contributed by atoms with E-state index in [9.17, 15) is 0 Å². The summed E-state index contributed by atoms with van der Waals surface area (Å²) in [5.41, 5.74) is 1.36. The smallest absolute Gasteiger partial charge is 0.232 e. The minimum absolute atomic E-state index is 0.0402. The van der Waals surface area contributed by atoms with E-state index in [1.807, 2.05) is 18.2 Å². The molecule has 2 fully saturated rings. The van der Waals surface area contributed by atoms with Crippen LogP contribution in [0.4, 0.5) is 11.8 Å². The van der Waals surface area contributed by atoms with Gasteiger partial charge < -0.3 is 15.5 Å². The van der Waals surface area contributed by atoms with Gasteiger partial charge in [0.1, 0.15) is 10.8 Å². The number of thiocarbonyl (C=S) groups is 1. The maximum atomic E-state index is 6.16. The zero-order valence-corrected chi connectivity index (χ0v) is 22.5. The third kappa shape index (κ3) is 6.25. The molecular formula is C26H30ClN7S2. The van der Waals surface area contributed by atoms with Crippen molar-refractivity contribution >= 4 is 52.5 Å². The maximum Gasteiger partial charge on any atom is 0.232 e. The molecule has 36 heavy (non-hydrogen) atoms. The van der Waals surface area contributed by atoms with Gasteiger partial charge in [-0.25, -0.2) is 15.0 Å². The van der Waals surface area contributed by atoms with E-state index >= 15 is 0 Å². The fourth-order valence-electron chi connectivity index (χ4n) is 5.06. The van der Waals surface area contributed by atoms with Crippen LogP contribution in [0.2, 0.25) is 5.02 Å². The molecule has 10 heteroatoms. The Morgan fingerprint density at radius 1 is 1.00 bits per heavy atom. The lowest BCUT2D eigenvalue weighted by Crippen LogP contribution is -2.43. The van der Waals surface area contributed by atoms with Gasteiger partial charge in [0.2, 0.25) is 5.95 Å². The summed E-state index contributed by atoms with van der Waals surface area (Å²) in [7, 11) is 0. The number of hydrogen-bond donors (Lipinski definition) is 2. The molecule has 2 aromatic heterocycles. The predicted molar refractivity (Wildman–Crippen MR) is 150 cm³/mol. The molecule has 0 amide bonds. The lowest BCUT2D eigenvalue weighted by Gasteiger charge is -2.38. The molecule has 188 valence electrons. The molecule has 1 saturated carbocycles. The minimum Gasteiger partial charge on any atom is -0.361 e. The van der Waals surface area contributed by atoms with E-state index in [-0.39, 0.29) is 5.41 Å². The van der Waals surface area contributed by atoms with E-state index in [2.05, 4.69) is 37.6 Å². The minimum atomic E-state index is 0.0402. The van der Waals surface area contributed by atoms with Gasteiger partial charge in [-0.3, -0.25) is 0 Å². The Kier molecular flexibility index (Phi) is 8.19. The van der Waals surface area contributed by atoms with Gasteiger partial charge in [0.05, 0.1) is 0 Å². The molecule has 2 aliphatic rings. The monoisotopic (exact) mass is 539 g/mol. The number of nitrogens with zero attached hydrogens (tertiary/aromatic N) is 5. The Bertz CT molecular complexity index is 1160. The highest BCUT2D eigenvalue weighted by atomic mass is 35.5. The van der Waals surface area contributed by atoms with Gasteiger partial charge in [0, 0.05) is 48.5 Å². The van der Waals surface area contributed by atoms with Crippen molar-refractivity contribution in [2.75, 3.05) is 29.9 Å². The number of nitrogens with one attached hydrogen (secondary N) is 2. The maximum absolute atomic E-state index is 6.16. The zero-order valence-electron chi connectivity index (χ0n) is 20.1. The third-order valence-electron chi connectivity index (χ3n) is 6.94. The Morgan fingerprint density at radius 2 is 1.72 bits per heavy atom. The first-order valence-corrected chi connectivity index (χ1v) is 14.1. The largest absolute Gasteiger partial charge is 0.361 e. The average Bonchev–Trinajstić information content (AvgIpc) is 3.44. The summed E-state index contributed by atoms with van der Waals surface area (Å²) in [5, 5.41) is 9.45. The summed E-state index contributed by atoms with van der Waals surface area (Å²) in [6.45, 7) is 2.75. The summed E-state index contributed by atoms with van der Waals surface area (Å²) in [6, 6.07) is 12.1. The number of aromatic nitrogens is 4. The van der Waals surface area contributed by atoms with E-state index in [4.69, 9.17) is 33.8 Å². The van der Waals surface area contributed by atoms with Crippen molar-refractivity contribution in [3.8, 4) is 0 Å². The molecule has 7 nitrogen and oxygen atoms in total. The number of benzene rings is 1. The second-order valence-corrected chi connectivity index (χ2v) is 11.2. The topological polar surface area (TPSA) is 78.9 Å². The van der Waals surface area contributed by atoms with Crippen molar-refractivity contribution in [3.63, 3.8) is 0 Å². The van der Waals surface area contributed by atoms with Gasteiger partial charge in [-0.1, -0.05) is 43.0 Å². The first kappa shape index (κ1) is 25.2. The summed E-state index contributed by atoms with van der Waals surface area (Å²) < 4.78 is 0. The van der Waals surface area contributed by atoms with Crippen molar-refractivity contribution in [1.82, 2.24) is 25.3 Å². The summed E-state index contributed by atoms with van der Waals surface area (Å²) in [5.74, 6) is 1.38. The molecule has 1 aliphatic carbocycles. The molecule has 1 saturated heterocycles. The van der Waals surface area contributed by atoms with Gasteiger partial charge in [-0.15, -0.1) is 0 Å². The van der Waals surface area contributed by atoms with E-state index in [0.717, 1.165) is 48.3 Å². The van der Waals surface area contributed by atoms with Crippen molar-refractivity contribution in [3.05, 3.63) is 59.4 Å². The molecule has 0 radical (unpaired) electrons. The highest BCUT2D eigenvalue weighted by molar-refractivity contribution is 7.99. The molecule has 1 aliphatic heterocycles. The fraction of sp³-hybridized carbons (Fsp3) is 0.423. The summed E-state index contributed by atoms with van der Waals surface area (Å²) in [6.07, 6.45) is 11.8. The van der Waals surface area contributed by atoms with Crippen LogP contribution in [0.3, 0.4) is 0 Å². The summed E-state index contributed by atoms with van der Waals surface area (Å²) in [4.78, 5) is 20.4. The Morgan fingerprint density at radius 3 is 2.44 bits per heavy atom. The van der Waals surface area contributed by atoms with E-state index in [0.29, 0.717) is 16.2 Å². The average molecular weight is 540 g/mol. The quantitative estimate of drug-likeness (QED) is 0.218. The van der Waals surface area contributed by atoms with Crippen LogP contribution in [0.1, 0.15) is 50.5 Å². The number of halogens is 1. The van der Waals surface area contributed by atoms with Crippen LogP contribution in [0.25, 0.3) is 0 Å². The van der Waals surface area contributed by atoms with Crippen LogP contribution in [-0.4, -0.2) is 44.7 Å². The van der Waals surface area contributed by atoms with Gasteiger partial charge >= 0.3 is 0 Å². The highest BCUT2D eigenvalue weighted by Gasteiger charge is 2.34. The zero-order chi connectivity index (χ0) is 24.8. The Labute approximate surface area is 226 Å². The van der Waals surface area contributed by atoms with Crippen LogP contribution in [0, 0.1) is 0 Å². The van der Waals surface area contributed by atoms with Crippen molar-refractivity contribution in [2.45, 2.75) is 60.5 Å². The molecule has 3 heterocycles. The first-order valence-electron chi connectivity index (χ1n) is 12.5.